The van der Waals surface area contributed by atoms with Crippen molar-refractivity contribution in [3.63, 3.8) is 0 Å². The van der Waals surface area contributed by atoms with E-state index in [0.717, 1.165) is 54.2 Å². The molecule has 6 nitrogen and oxygen atoms in total. The summed E-state index contributed by atoms with van der Waals surface area (Å²) in [6.45, 7) is 11.6. The van der Waals surface area contributed by atoms with Crippen LogP contribution >= 0.6 is 0 Å². The predicted molar refractivity (Wildman–Crippen MR) is 141 cm³/mol. The Kier molecular flexibility index (Phi) is 7.02. The SMILES string of the molecule is COc1ccc(-c2[nH]c3ccc(C4CCN(C(=O)OC(C)(C)C)CC4)cc3c2C(C)C)cc1OC. The number of aromatic amines is 1. The molecule has 0 saturated carbocycles. The fourth-order valence-electron chi connectivity index (χ4n) is 5.03. The van der Waals surface area contributed by atoms with Gasteiger partial charge in [-0.15, -0.1) is 0 Å². The number of amides is 1. The Hall–Kier alpha value is -3.15. The molecule has 0 aliphatic carbocycles. The number of carbonyl (C=O) groups excluding carboxylic acids is 1. The average Bonchev–Trinajstić information content (AvgIpc) is 3.21. The van der Waals surface area contributed by atoms with Crippen LogP contribution in [-0.2, 0) is 4.74 Å². The van der Waals surface area contributed by atoms with E-state index in [-0.39, 0.29) is 6.09 Å². The lowest BCUT2D eigenvalue weighted by Gasteiger charge is -2.33. The van der Waals surface area contributed by atoms with Crippen LogP contribution in [0.25, 0.3) is 22.2 Å². The zero-order valence-electron chi connectivity index (χ0n) is 22.0. The van der Waals surface area contributed by atoms with Crippen LogP contribution in [0, 0.1) is 0 Å². The van der Waals surface area contributed by atoms with Gasteiger partial charge in [0.25, 0.3) is 0 Å². The molecule has 1 aliphatic heterocycles. The molecular weight excluding hydrogens is 440 g/mol. The summed E-state index contributed by atoms with van der Waals surface area (Å²) < 4.78 is 16.5. The van der Waals surface area contributed by atoms with Crippen LogP contribution < -0.4 is 9.47 Å². The van der Waals surface area contributed by atoms with Crippen LogP contribution in [0.15, 0.2) is 36.4 Å². The Labute approximate surface area is 208 Å². The molecule has 1 amide bonds. The molecular formula is C29H38N2O4. The number of hydrogen-bond donors (Lipinski definition) is 1. The highest BCUT2D eigenvalue weighted by atomic mass is 16.6. The predicted octanol–water partition coefficient (Wildman–Crippen LogP) is 7.09. The minimum absolute atomic E-state index is 0.210. The molecule has 1 fully saturated rings. The topological polar surface area (TPSA) is 63.8 Å². The summed E-state index contributed by atoms with van der Waals surface area (Å²) in [6, 6.07) is 12.8. The minimum Gasteiger partial charge on any atom is -0.493 e. The van der Waals surface area contributed by atoms with Crippen molar-refractivity contribution in [2.45, 2.75) is 64.9 Å². The summed E-state index contributed by atoms with van der Waals surface area (Å²) in [7, 11) is 3.32. The number of hydrogen-bond acceptors (Lipinski definition) is 4. The first-order valence-electron chi connectivity index (χ1n) is 12.5. The average molecular weight is 479 g/mol. The number of likely N-dealkylation sites (tertiary alicyclic amines) is 1. The Morgan fingerprint density at radius 3 is 2.29 bits per heavy atom. The lowest BCUT2D eigenvalue weighted by atomic mass is 9.87. The number of fused-ring (bicyclic) bond motifs is 1. The molecule has 188 valence electrons. The number of benzene rings is 2. The van der Waals surface area contributed by atoms with Crippen LogP contribution in [0.1, 0.15) is 70.4 Å². The largest absolute Gasteiger partial charge is 0.493 e. The van der Waals surface area contributed by atoms with E-state index >= 15 is 0 Å². The molecule has 0 atom stereocenters. The second-order valence-corrected chi connectivity index (χ2v) is 10.7. The molecule has 0 radical (unpaired) electrons. The van der Waals surface area contributed by atoms with Crippen molar-refractivity contribution in [1.82, 2.24) is 9.88 Å². The van der Waals surface area contributed by atoms with Gasteiger partial charge in [-0.1, -0.05) is 19.9 Å². The van der Waals surface area contributed by atoms with Crippen LogP contribution in [0.3, 0.4) is 0 Å². The van der Waals surface area contributed by atoms with Crippen molar-refractivity contribution in [2.24, 2.45) is 0 Å². The third-order valence-electron chi connectivity index (χ3n) is 6.73. The molecule has 0 spiro atoms. The number of ether oxygens (including phenoxy) is 3. The molecule has 2 aromatic carbocycles. The van der Waals surface area contributed by atoms with Gasteiger partial charge in [0.05, 0.1) is 19.9 Å². The summed E-state index contributed by atoms with van der Waals surface area (Å²) in [5, 5.41) is 1.26. The maximum absolute atomic E-state index is 12.5. The van der Waals surface area contributed by atoms with Gasteiger partial charge in [-0.25, -0.2) is 4.79 Å². The van der Waals surface area contributed by atoms with E-state index in [4.69, 9.17) is 14.2 Å². The van der Waals surface area contributed by atoms with Crippen LogP contribution in [0.2, 0.25) is 0 Å². The van der Waals surface area contributed by atoms with Crippen molar-refractivity contribution in [3.8, 4) is 22.8 Å². The monoisotopic (exact) mass is 478 g/mol. The number of piperidine rings is 1. The van der Waals surface area contributed by atoms with E-state index in [1.807, 2.05) is 37.8 Å². The Balaban J connectivity index is 1.62. The molecule has 1 aromatic heterocycles. The molecule has 2 heterocycles. The molecule has 35 heavy (non-hydrogen) atoms. The van der Waals surface area contributed by atoms with E-state index in [1.165, 1.54) is 16.5 Å². The third kappa shape index (κ3) is 5.26. The molecule has 1 saturated heterocycles. The molecule has 1 N–H and O–H groups in total. The summed E-state index contributed by atoms with van der Waals surface area (Å²) >= 11 is 0. The van der Waals surface area contributed by atoms with Gasteiger partial charge >= 0.3 is 6.09 Å². The Morgan fingerprint density at radius 1 is 1.00 bits per heavy atom. The van der Waals surface area contributed by atoms with E-state index in [1.54, 1.807) is 14.2 Å². The van der Waals surface area contributed by atoms with Crippen molar-refractivity contribution < 1.29 is 19.0 Å². The molecule has 3 aromatic rings. The first-order chi connectivity index (χ1) is 16.6. The fraction of sp³-hybridized carbons (Fsp3) is 0.483. The van der Waals surface area contributed by atoms with Crippen LogP contribution in [-0.4, -0.2) is 48.9 Å². The van der Waals surface area contributed by atoms with Crippen LogP contribution in [0.4, 0.5) is 4.79 Å². The molecule has 0 bridgehead atoms. The number of nitrogens with one attached hydrogen (secondary N) is 1. The van der Waals surface area contributed by atoms with Gasteiger partial charge in [0.15, 0.2) is 11.5 Å². The van der Waals surface area contributed by atoms with Gasteiger partial charge in [-0.3, -0.25) is 0 Å². The van der Waals surface area contributed by atoms with Gasteiger partial charge in [-0.05, 0) is 86.9 Å². The first kappa shape index (κ1) is 25.0. The Morgan fingerprint density at radius 2 is 1.69 bits per heavy atom. The molecule has 0 unspecified atom stereocenters. The summed E-state index contributed by atoms with van der Waals surface area (Å²) in [5.74, 6) is 2.21. The van der Waals surface area contributed by atoms with Crippen molar-refractivity contribution in [1.29, 1.82) is 0 Å². The Bertz CT molecular complexity index is 1200. The van der Waals surface area contributed by atoms with Crippen molar-refractivity contribution in [2.75, 3.05) is 27.3 Å². The number of rotatable bonds is 5. The third-order valence-corrected chi connectivity index (χ3v) is 6.73. The zero-order valence-corrected chi connectivity index (χ0v) is 22.0. The smallest absolute Gasteiger partial charge is 0.410 e. The lowest BCUT2D eigenvalue weighted by molar-refractivity contribution is 0.0205. The number of H-pyrrole nitrogens is 1. The standard InChI is InChI=1S/C29H38N2O4/c1-18(2)26-22-16-20(19-12-14-31(15-13-19)28(32)35-29(3,4)5)8-10-23(22)30-27(26)21-9-11-24(33-6)25(17-21)34-7/h8-11,16-19,30H,12-15H2,1-7H3. The number of aromatic nitrogens is 1. The maximum atomic E-state index is 12.5. The summed E-state index contributed by atoms with van der Waals surface area (Å²) in [6.07, 6.45) is 1.67. The second-order valence-electron chi connectivity index (χ2n) is 10.7. The number of nitrogens with zero attached hydrogens (tertiary/aromatic N) is 1. The normalized spacial score (nSPS) is 15.0. The van der Waals surface area contributed by atoms with Gasteiger partial charge < -0.3 is 24.1 Å². The zero-order chi connectivity index (χ0) is 25.3. The van der Waals surface area contributed by atoms with E-state index in [9.17, 15) is 4.79 Å². The van der Waals surface area contributed by atoms with Gasteiger partial charge in [0.1, 0.15) is 5.60 Å². The highest BCUT2D eigenvalue weighted by Crippen LogP contribution is 2.40. The first-order valence-corrected chi connectivity index (χ1v) is 12.5. The van der Waals surface area contributed by atoms with Gasteiger partial charge in [-0.2, -0.15) is 0 Å². The summed E-state index contributed by atoms with van der Waals surface area (Å²) in [5.41, 5.74) is 5.50. The fourth-order valence-corrected chi connectivity index (χ4v) is 5.03. The molecule has 1 aliphatic rings. The minimum atomic E-state index is -0.466. The molecule has 6 heteroatoms. The summed E-state index contributed by atoms with van der Waals surface area (Å²) in [4.78, 5) is 18.0. The highest BCUT2D eigenvalue weighted by Gasteiger charge is 2.28. The van der Waals surface area contributed by atoms with Gasteiger partial charge in [0, 0.05) is 29.6 Å². The number of methoxy groups -OCH3 is 2. The van der Waals surface area contributed by atoms with E-state index in [0.29, 0.717) is 11.8 Å². The number of carbonyl (C=O) groups is 1. The highest BCUT2D eigenvalue weighted by molar-refractivity contribution is 5.92. The lowest BCUT2D eigenvalue weighted by Crippen LogP contribution is -2.41. The van der Waals surface area contributed by atoms with E-state index in [2.05, 4.69) is 43.1 Å². The van der Waals surface area contributed by atoms with Crippen molar-refractivity contribution in [3.05, 3.63) is 47.5 Å². The molecule has 4 rings (SSSR count). The van der Waals surface area contributed by atoms with Gasteiger partial charge in [0.2, 0.25) is 0 Å². The quantitative estimate of drug-likeness (QED) is 0.425. The van der Waals surface area contributed by atoms with Crippen LogP contribution in [0.5, 0.6) is 11.5 Å². The maximum Gasteiger partial charge on any atom is 0.410 e. The van der Waals surface area contributed by atoms with Crippen molar-refractivity contribution >= 4 is 17.0 Å². The van der Waals surface area contributed by atoms with E-state index < -0.39 is 5.60 Å². The second kappa shape index (κ2) is 9.84.